The highest BCUT2D eigenvalue weighted by Gasteiger charge is 2.58. The summed E-state index contributed by atoms with van der Waals surface area (Å²) in [5.74, 6) is -5.83. The fraction of sp³-hybridized carbons (Fsp3) is 0.520. The molecule has 3 aliphatic carbocycles. The number of ether oxygens (including phenoxy) is 1. The molecule has 190 valence electrons. The Morgan fingerprint density at radius 2 is 1.91 bits per heavy atom. The summed E-state index contributed by atoms with van der Waals surface area (Å²) >= 11 is 12.2. The van der Waals surface area contributed by atoms with Crippen LogP contribution >= 0.6 is 23.2 Å². The molecule has 10 heteroatoms. The first-order valence-electron chi connectivity index (χ1n) is 11.5. The van der Waals surface area contributed by atoms with Crippen LogP contribution < -0.4 is 5.32 Å². The quantitative estimate of drug-likeness (QED) is 0.364. The number of carbonyl (C=O) groups is 2. The van der Waals surface area contributed by atoms with E-state index in [4.69, 9.17) is 27.9 Å². The number of hydrogen-bond donors (Lipinski definition) is 2. The number of alkyl halides is 3. The van der Waals surface area contributed by atoms with Crippen molar-refractivity contribution < 1.29 is 32.6 Å². The van der Waals surface area contributed by atoms with E-state index in [1.807, 2.05) is 0 Å². The van der Waals surface area contributed by atoms with Crippen molar-refractivity contribution in [2.24, 2.45) is 23.2 Å². The number of benzene rings is 1. The number of nitrogens with one attached hydrogen (secondary N) is 1. The third-order valence-electron chi connectivity index (χ3n) is 7.03. The first kappa shape index (κ1) is 26.0. The molecule has 4 rings (SSSR count). The van der Waals surface area contributed by atoms with E-state index in [1.165, 1.54) is 24.3 Å². The van der Waals surface area contributed by atoms with Gasteiger partial charge in [-0.15, -0.1) is 0 Å². The van der Waals surface area contributed by atoms with Gasteiger partial charge in [0.2, 0.25) is 5.91 Å². The van der Waals surface area contributed by atoms with Gasteiger partial charge in [0, 0.05) is 5.03 Å². The molecule has 0 heterocycles. The molecule has 0 aromatic heterocycles. The molecule has 5 nitrogen and oxygen atoms in total. The van der Waals surface area contributed by atoms with Crippen molar-refractivity contribution in [1.29, 1.82) is 0 Å². The maximum atomic E-state index is 13.7. The van der Waals surface area contributed by atoms with Gasteiger partial charge in [0.15, 0.2) is 0 Å². The number of aliphatic carboxylic acids is 1. The molecule has 0 aliphatic heterocycles. The van der Waals surface area contributed by atoms with Gasteiger partial charge in [-0.05, 0) is 61.8 Å². The lowest BCUT2D eigenvalue weighted by Gasteiger charge is -2.31. The Kier molecular flexibility index (Phi) is 7.28. The number of hydrogen-bond acceptors (Lipinski definition) is 3. The van der Waals surface area contributed by atoms with E-state index in [9.17, 15) is 27.9 Å². The van der Waals surface area contributed by atoms with Crippen LogP contribution in [0.5, 0.6) is 0 Å². The van der Waals surface area contributed by atoms with Crippen LogP contribution in [0.25, 0.3) is 0 Å². The summed E-state index contributed by atoms with van der Waals surface area (Å²) in [5, 5.41) is 12.9. The second-order valence-electron chi connectivity index (χ2n) is 9.61. The third-order valence-corrected chi connectivity index (χ3v) is 7.64. The van der Waals surface area contributed by atoms with E-state index >= 15 is 0 Å². The predicted octanol–water partition coefficient (Wildman–Crippen LogP) is 6.88. The Hall–Kier alpha value is -2.03. The molecule has 0 bridgehead atoms. The van der Waals surface area contributed by atoms with Crippen LogP contribution in [-0.2, 0) is 14.3 Å². The zero-order chi connectivity index (χ0) is 25.5. The van der Waals surface area contributed by atoms with Gasteiger partial charge in [0.1, 0.15) is 0 Å². The Bertz CT molecular complexity index is 1060. The van der Waals surface area contributed by atoms with E-state index in [1.54, 1.807) is 12.1 Å². The smallest absolute Gasteiger partial charge is 0.392 e. The molecule has 2 N–H and O–H groups in total. The number of carboxylic acids is 1. The van der Waals surface area contributed by atoms with Crippen molar-refractivity contribution in [3.63, 3.8) is 0 Å². The van der Waals surface area contributed by atoms with Gasteiger partial charge in [0.05, 0.1) is 40.2 Å². The summed E-state index contributed by atoms with van der Waals surface area (Å²) in [6, 6.07) is 4.65. The molecule has 4 atom stereocenters. The summed E-state index contributed by atoms with van der Waals surface area (Å²) in [7, 11) is 0. The van der Waals surface area contributed by atoms with E-state index in [0.29, 0.717) is 23.4 Å². The Labute approximate surface area is 211 Å². The molecule has 35 heavy (non-hydrogen) atoms. The number of carbonyl (C=O) groups excluding carboxylic acids is 1. The van der Waals surface area contributed by atoms with Crippen molar-refractivity contribution >= 4 is 40.8 Å². The minimum atomic E-state index is -4.59. The highest BCUT2D eigenvalue weighted by Crippen LogP contribution is 2.58. The van der Waals surface area contributed by atoms with Crippen molar-refractivity contribution in [2.45, 2.75) is 57.4 Å². The lowest BCUT2D eigenvalue weighted by atomic mass is 9.78. The van der Waals surface area contributed by atoms with Gasteiger partial charge >= 0.3 is 12.1 Å². The summed E-state index contributed by atoms with van der Waals surface area (Å²) < 4.78 is 47.1. The maximum absolute atomic E-state index is 13.7. The van der Waals surface area contributed by atoms with Crippen LogP contribution in [0.1, 0.15) is 50.7 Å². The lowest BCUT2D eigenvalue weighted by Crippen LogP contribution is -2.40. The summed E-state index contributed by atoms with van der Waals surface area (Å²) in [6.07, 6.45) is 2.04. The number of rotatable bonds is 9. The van der Waals surface area contributed by atoms with Gasteiger partial charge in [-0.25, -0.2) is 0 Å². The molecule has 2 fully saturated rings. The lowest BCUT2D eigenvalue weighted by molar-refractivity contribution is -0.188. The molecule has 1 aromatic carbocycles. The standard InChI is InChI=1S/C25H26Cl2F3NO4/c1-13(25(28,29)30)20(14-2-5-16(26)6-3-14)22(32)31-19-12-15(4-9-18(19)27)21(35-17-7-8-17)24(10-11-24)23(33)34/h2,4-6,9,12-14,17,20-21H,3,7-8,10-11H2,1H3,(H,31,32)(H,33,34)/t13-,14?,20+,21?/m1/s1. The zero-order valence-corrected chi connectivity index (χ0v) is 20.5. The molecule has 2 saturated carbocycles. The van der Waals surface area contributed by atoms with Crippen LogP contribution in [0.15, 0.2) is 41.5 Å². The van der Waals surface area contributed by atoms with E-state index in [0.717, 1.165) is 19.8 Å². The number of allylic oxidation sites excluding steroid dienone is 4. The number of carboxylic acid groups (broad SMARTS) is 1. The summed E-state index contributed by atoms with van der Waals surface area (Å²) in [5.41, 5.74) is -0.416. The Morgan fingerprint density at radius 1 is 1.23 bits per heavy atom. The molecule has 0 radical (unpaired) electrons. The minimum Gasteiger partial charge on any atom is -0.481 e. The maximum Gasteiger partial charge on any atom is 0.392 e. The monoisotopic (exact) mass is 531 g/mol. The number of amides is 1. The topological polar surface area (TPSA) is 75.6 Å². The van der Waals surface area contributed by atoms with Gasteiger partial charge in [-0.3, -0.25) is 9.59 Å². The van der Waals surface area contributed by atoms with Crippen molar-refractivity contribution in [1.82, 2.24) is 0 Å². The summed E-state index contributed by atoms with van der Waals surface area (Å²) in [6.45, 7) is 0.985. The highest BCUT2D eigenvalue weighted by atomic mass is 35.5. The number of halogens is 5. The fourth-order valence-electron chi connectivity index (χ4n) is 4.54. The SMILES string of the molecule is C[C@H]([C@H](C(=O)Nc1cc(C(OC2CC2)C2(C(=O)O)CC2)ccc1Cl)C1C=CC(Cl)=CC1)C(F)(F)F. The van der Waals surface area contributed by atoms with Crippen LogP contribution in [0.2, 0.25) is 5.02 Å². The van der Waals surface area contributed by atoms with Crippen LogP contribution in [-0.4, -0.2) is 29.3 Å². The molecule has 1 amide bonds. The second kappa shape index (κ2) is 9.79. The first-order chi connectivity index (χ1) is 16.4. The zero-order valence-electron chi connectivity index (χ0n) is 18.9. The van der Waals surface area contributed by atoms with Crippen molar-refractivity contribution in [3.8, 4) is 0 Å². The molecular weight excluding hydrogens is 506 g/mol. The predicted molar refractivity (Wildman–Crippen MR) is 126 cm³/mol. The van der Waals surface area contributed by atoms with Crippen molar-refractivity contribution in [3.05, 3.63) is 52.0 Å². The highest BCUT2D eigenvalue weighted by molar-refractivity contribution is 6.33. The number of anilines is 1. The summed E-state index contributed by atoms with van der Waals surface area (Å²) in [4.78, 5) is 25.2. The van der Waals surface area contributed by atoms with E-state index in [-0.39, 0.29) is 23.2 Å². The fourth-order valence-corrected chi connectivity index (χ4v) is 4.86. The van der Waals surface area contributed by atoms with Gasteiger partial charge in [-0.1, -0.05) is 48.3 Å². The second-order valence-corrected chi connectivity index (χ2v) is 10.5. The van der Waals surface area contributed by atoms with E-state index < -0.39 is 47.3 Å². The molecule has 1 aromatic rings. The molecule has 0 spiro atoms. The third kappa shape index (κ3) is 5.70. The average molecular weight is 532 g/mol. The molecule has 2 unspecified atom stereocenters. The molecule has 3 aliphatic rings. The Morgan fingerprint density at radius 3 is 2.43 bits per heavy atom. The molecular formula is C25H26Cl2F3NO4. The van der Waals surface area contributed by atoms with Gasteiger partial charge < -0.3 is 15.2 Å². The average Bonchev–Trinajstić information content (AvgIpc) is 3.69. The largest absolute Gasteiger partial charge is 0.481 e. The van der Waals surface area contributed by atoms with E-state index in [2.05, 4.69) is 5.32 Å². The Balaban J connectivity index is 1.61. The van der Waals surface area contributed by atoms with Gasteiger partial charge in [0.25, 0.3) is 0 Å². The van der Waals surface area contributed by atoms with Crippen LogP contribution in [0, 0.1) is 23.2 Å². The van der Waals surface area contributed by atoms with Gasteiger partial charge in [-0.2, -0.15) is 13.2 Å². The van der Waals surface area contributed by atoms with Crippen LogP contribution in [0.3, 0.4) is 0 Å². The first-order valence-corrected chi connectivity index (χ1v) is 12.3. The minimum absolute atomic E-state index is 0.0273. The molecule has 0 saturated heterocycles. The normalized spacial score (nSPS) is 23.7. The van der Waals surface area contributed by atoms with Crippen LogP contribution in [0.4, 0.5) is 18.9 Å². The van der Waals surface area contributed by atoms with Crippen molar-refractivity contribution in [2.75, 3.05) is 5.32 Å².